The Bertz CT molecular complexity index is 464. The van der Waals surface area contributed by atoms with E-state index in [0.717, 1.165) is 25.7 Å². The lowest BCUT2D eigenvalue weighted by atomic mass is 10.0. The van der Waals surface area contributed by atoms with E-state index in [2.05, 4.69) is 10.6 Å². The van der Waals surface area contributed by atoms with Crippen LogP contribution < -0.4 is 10.6 Å². The highest BCUT2D eigenvalue weighted by atomic mass is 32.2. The number of carboxylic acid groups (broad SMARTS) is 1. The van der Waals surface area contributed by atoms with Crippen LogP contribution in [0.1, 0.15) is 39.5 Å². The Labute approximate surface area is 140 Å². The van der Waals surface area contributed by atoms with E-state index >= 15 is 0 Å². The maximum absolute atomic E-state index is 12.8. The molecule has 23 heavy (non-hydrogen) atoms. The molecule has 8 heteroatoms. The van der Waals surface area contributed by atoms with Crippen molar-refractivity contribution in [1.29, 1.82) is 0 Å². The molecular weight excluding hydrogens is 318 g/mol. The topological polar surface area (TPSA) is 98.7 Å². The fourth-order valence-corrected chi connectivity index (χ4v) is 4.67. The van der Waals surface area contributed by atoms with Crippen LogP contribution in [0, 0.1) is 0 Å². The second-order valence-corrected chi connectivity index (χ2v) is 8.38. The maximum atomic E-state index is 12.8. The number of amides is 2. The van der Waals surface area contributed by atoms with Gasteiger partial charge in [-0.1, -0.05) is 12.8 Å². The van der Waals surface area contributed by atoms with E-state index in [1.807, 2.05) is 13.8 Å². The average Bonchev–Trinajstić information content (AvgIpc) is 2.68. The van der Waals surface area contributed by atoms with Gasteiger partial charge in [-0.2, -0.15) is 0 Å². The first-order valence-corrected chi connectivity index (χ1v) is 8.90. The summed E-state index contributed by atoms with van der Waals surface area (Å²) in [5, 5.41) is 14.5. The normalized spacial score (nSPS) is 28.7. The number of aliphatic carboxylic acids is 1. The molecule has 7 nitrogen and oxygen atoms in total. The third-order valence-corrected chi connectivity index (χ3v) is 5.94. The summed E-state index contributed by atoms with van der Waals surface area (Å²) in [5.41, 5.74) is 0. The van der Waals surface area contributed by atoms with Crippen LogP contribution in [0.3, 0.4) is 0 Å². The molecule has 2 aliphatic heterocycles. The molecule has 2 saturated heterocycles. The number of carboxylic acids is 1. The molecule has 0 aromatic carbocycles. The largest absolute Gasteiger partial charge is 0.480 e. The van der Waals surface area contributed by atoms with Crippen LogP contribution >= 0.6 is 11.8 Å². The predicted molar refractivity (Wildman–Crippen MR) is 88.1 cm³/mol. The molecule has 0 saturated carbocycles. The van der Waals surface area contributed by atoms with Gasteiger partial charge < -0.3 is 15.3 Å². The van der Waals surface area contributed by atoms with Crippen molar-refractivity contribution in [1.82, 2.24) is 15.5 Å². The zero-order chi connectivity index (χ0) is 17.0. The number of nitrogens with one attached hydrogen (secondary N) is 2. The Kier molecular flexibility index (Phi) is 5.91. The molecule has 0 bridgehead atoms. The summed E-state index contributed by atoms with van der Waals surface area (Å²) in [6.45, 7) is 5.05. The van der Waals surface area contributed by atoms with Crippen molar-refractivity contribution in [2.24, 2.45) is 0 Å². The van der Waals surface area contributed by atoms with E-state index in [1.54, 1.807) is 4.90 Å². The van der Waals surface area contributed by atoms with E-state index in [4.69, 9.17) is 0 Å². The highest BCUT2D eigenvalue weighted by Crippen LogP contribution is 2.39. The van der Waals surface area contributed by atoms with Gasteiger partial charge in [0.15, 0.2) is 0 Å². The number of thioether (sulfide) groups is 1. The average molecular weight is 343 g/mol. The lowest BCUT2D eigenvalue weighted by Gasteiger charge is -2.29. The van der Waals surface area contributed by atoms with E-state index in [1.165, 1.54) is 11.8 Å². The van der Waals surface area contributed by atoms with Crippen molar-refractivity contribution in [3.8, 4) is 0 Å². The summed E-state index contributed by atoms with van der Waals surface area (Å²) in [6, 6.07) is -1.51. The Hall–Kier alpha value is -1.28. The van der Waals surface area contributed by atoms with Gasteiger partial charge >= 0.3 is 5.97 Å². The van der Waals surface area contributed by atoms with Crippen molar-refractivity contribution in [3.05, 3.63) is 0 Å². The summed E-state index contributed by atoms with van der Waals surface area (Å²) in [6.07, 6.45) is 4.67. The molecule has 2 rings (SSSR count). The molecule has 0 radical (unpaired) electrons. The van der Waals surface area contributed by atoms with E-state index in [0.29, 0.717) is 19.5 Å². The summed E-state index contributed by atoms with van der Waals surface area (Å²) in [4.78, 5) is 37.0. The summed E-state index contributed by atoms with van der Waals surface area (Å²) < 4.78 is -0.557. The van der Waals surface area contributed by atoms with Crippen LogP contribution in [0.2, 0.25) is 0 Å². The monoisotopic (exact) mass is 343 g/mol. The van der Waals surface area contributed by atoms with Crippen LogP contribution in [-0.2, 0) is 14.4 Å². The van der Waals surface area contributed by atoms with Crippen LogP contribution in [-0.4, -0.2) is 63.6 Å². The van der Waals surface area contributed by atoms with Crippen molar-refractivity contribution >= 4 is 30.0 Å². The molecule has 0 aromatic heterocycles. The van der Waals surface area contributed by atoms with Crippen molar-refractivity contribution in [3.63, 3.8) is 0 Å². The molecule has 1 unspecified atom stereocenters. The molecule has 3 atom stereocenters. The van der Waals surface area contributed by atoms with Gasteiger partial charge in [-0.25, -0.2) is 0 Å². The highest BCUT2D eigenvalue weighted by Gasteiger charge is 2.49. The van der Waals surface area contributed by atoms with E-state index < -0.39 is 28.2 Å². The van der Waals surface area contributed by atoms with Gasteiger partial charge in [0.1, 0.15) is 12.1 Å². The van der Waals surface area contributed by atoms with Gasteiger partial charge in [0.05, 0.1) is 5.37 Å². The number of hydrogen-bond donors (Lipinski definition) is 3. The number of carbonyl (C=O) groups excluding carboxylic acids is 2. The second-order valence-electron chi connectivity index (χ2n) is 6.58. The molecule has 2 heterocycles. The molecule has 0 aliphatic carbocycles. The second kappa shape index (κ2) is 7.53. The van der Waals surface area contributed by atoms with E-state index in [-0.39, 0.29) is 5.91 Å². The minimum absolute atomic E-state index is 0.133. The fraction of sp³-hybridized carbons (Fsp3) is 0.800. The predicted octanol–water partition coefficient (Wildman–Crippen LogP) is 0.398. The lowest BCUT2D eigenvalue weighted by Crippen LogP contribution is -2.56. The zero-order valence-corrected chi connectivity index (χ0v) is 14.4. The van der Waals surface area contributed by atoms with Crippen LogP contribution in [0.15, 0.2) is 0 Å². The number of hydrogen-bond acceptors (Lipinski definition) is 5. The summed E-state index contributed by atoms with van der Waals surface area (Å²) in [7, 11) is 0. The molecule has 130 valence electrons. The zero-order valence-electron chi connectivity index (χ0n) is 13.6. The summed E-state index contributed by atoms with van der Waals surface area (Å²) in [5.74, 6) is -1.08. The quantitative estimate of drug-likeness (QED) is 0.625. The minimum Gasteiger partial charge on any atom is -0.480 e. The Morgan fingerprint density at radius 3 is 2.39 bits per heavy atom. The van der Waals surface area contributed by atoms with Crippen LogP contribution in [0.4, 0.5) is 0 Å². The van der Waals surface area contributed by atoms with Crippen molar-refractivity contribution < 1.29 is 19.5 Å². The number of likely N-dealkylation sites (tertiary alicyclic amines) is 1. The van der Waals surface area contributed by atoms with Crippen LogP contribution in [0.5, 0.6) is 0 Å². The lowest BCUT2D eigenvalue weighted by molar-refractivity contribution is -0.140. The Morgan fingerprint density at radius 2 is 1.91 bits per heavy atom. The minimum atomic E-state index is -0.947. The smallest absolute Gasteiger partial charge is 0.322 e. The standard InChI is InChI=1S/C15H25N3O4S/c1-15(2)11(14(21)22)17-12(23-15)10(16-9-19)13(20)18-7-5-3-4-6-8-18/h9-12,17H,3-8H2,1-2H3,(H,16,19)(H,21,22)/t10?,11-,12+/m0/s1. The van der Waals surface area contributed by atoms with E-state index in [9.17, 15) is 19.5 Å². The SMILES string of the molecule is CC1(C)S[C@H](C(NC=O)C(=O)N2CCCCCC2)N[C@H]1C(=O)O. The molecular formula is C15H25N3O4S. The molecule has 3 N–H and O–H groups in total. The first kappa shape index (κ1) is 18.1. The molecule has 2 fully saturated rings. The van der Waals surface area contributed by atoms with Crippen molar-refractivity contribution in [2.45, 2.75) is 61.7 Å². The highest BCUT2D eigenvalue weighted by molar-refractivity contribution is 8.01. The first-order valence-electron chi connectivity index (χ1n) is 8.02. The Balaban J connectivity index is 2.13. The number of carbonyl (C=O) groups is 3. The van der Waals surface area contributed by atoms with Gasteiger partial charge in [0.25, 0.3) is 0 Å². The first-order chi connectivity index (χ1) is 10.9. The van der Waals surface area contributed by atoms with Gasteiger partial charge in [0, 0.05) is 17.8 Å². The van der Waals surface area contributed by atoms with Crippen LogP contribution in [0.25, 0.3) is 0 Å². The summed E-state index contributed by atoms with van der Waals surface area (Å²) >= 11 is 1.39. The number of nitrogens with zero attached hydrogens (tertiary/aromatic N) is 1. The van der Waals surface area contributed by atoms with Gasteiger partial charge in [0.2, 0.25) is 12.3 Å². The fourth-order valence-electron chi connectivity index (χ4n) is 3.18. The molecule has 0 aromatic rings. The molecule has 0 spiro atoms. The van der Waals surface area contributed by atoms with Gasteiger partial charge in [-0.05, 0) is 26.7 Å². The van der Waals surface area contributed by atoms with Crippen molar-refractivity contribution in [2.75, 3.05) is 13.1 Å². The number of rotatable bonds is 5. The Morgan fingerprint density at radius 1 is 1.30 bits per heavy atom. The third-order valence-electron chi connectivity index (χ3n) is 4.44. The third kappa shape index (κ3) is 4.17. The maximum Gasteiger partial charge on any atom is 0.322 e. The molecule has 2 aliphatic rings. The van der Waals surface area contributed by atoms with Gasteiger partial charge in [-0.15, -0.1) is 11.8 Å². The van der Waals surface area contributed by atoms with Gasteiger partial charge in [-0.3, -0.25) is 19.7 Å². The molecule has 2 amide bonds.